The normalized spacial score (nSPS) is 12.9. The highest BCUT2D eigenvalue weighted by atomic mass is 32.2. The molecule has 2 rings (SSSR count). The number of aliphatic hydroxyl groups excluding tert-OH is 1. The van der Waals surface area contributed by atoms with Crippen molar-refractivity contribution in [3.05, 3.63) is 65.2 Å². The van der Waals surface area contributed by atoms with Crippen molar-refractivity contribution in [1.82, 2.24) is 0 Å². The first-order chi connectivity index (χ1) is 10.8. The fraction of sp³-hybridized carbons (Fsp3) is 0.333. The van der Waals surface area contributed by atoms with Crippen molar-refractivity contribution < 1.29 is 13.5 Å². The van der Waals surface area contributed by atoms with Gasteiger partial charge in [0.1, 0.15) is 0 Å². The number of anilines is 1. The van der Waals surface area contributed by atoms with E-state index >= 15 is 0 Å². The summed E-state index contributed by atoms with van der Waals surface area (Å²) in [6.45, 7) is 5.41. The second-order valence-corrected chi connectivity index (χ2v) is 7.76. The first-order valence-electron chi connectivity index (χ1n) is 7.60. The molecule has 2 aromatic rings. The minimum absolute atomic E-state index is 0.0425. The third-order valence-corrected chi connectivity index (χ3v) is 5.35. The van der Waals surface area contributed by atoms with Crippen molar-refractivity contribution in [2.24, 2.45) is 0 Å². The van der Waals surface area contributed by atoms with Crippen molar-refractivity contribution in [3.63, 3.8) is 0 Å². The molecule has 0 bridgehead atoms. The van der Waals surface area contributed by atoms with Crippen LogP contribution >= 0.6 is 0 Å². The number of hydrogen-bond donors (Lipinski definition) is 1. The molecule has 0 spiro atoms. The van der Waals surface area contributed by atoms with Crippen molar-refractivity contribution in [1.29, 1.82) is 0 Å². The van der Waals surface area contributed by atoms with Gasteiger partial charge in [-0.25, -0.2) is 8.42 Å². The summed E-state index contributed by atoms with van der Waals surface area (Å²) >= 11 is 0. The summed E-state index contributed by atoms with van der Waals surface area (Å²) in [6, 6.07) is 14.8. The van der Waals surface area contributed by atoms with Gasteiger partial charge in [-0.15, -0.1) is 0 Å². The smallest absolute Gasteiger partial charge is 0.239 e. The third-order valence-electron chi connectivity index (χ3n) is 3.65. The molecule has 0 saturated heterocycles. The Balaban J connectivity index is 2.46. The quantitative estimate of drug-likeness (QED) is 0.884. The van der Waals surface area contributed by atoms with E-state index in [-0.39, 0.29) is 12.3 Å². The first kappa shape index (κ1) is 17.5. The van der Waals surface area contributed by atoms with Crippen LogP contribution < -0.4 is 4.31 Å². The van der Waals surface area contributed by atoms with Crippen molar-refractivity contribution in [2.45, 2.75) is 32.6 Å². The minimum atomic E-state index is -3.60. The fourth-order valence-corrected chi connectivity index (χ4v) is 4.42. The van der Waals surface area contributed by atoms with E-state index in [0.29, 0.717) is 5.69 Å². The molecule has 5 heteroatoms. The van der Waals surface area contributed by atoms with E-state index in [1.54, 1.807) is 19.1 Å². The molecule has 0 fully saturated rings. The zero-order valence-corrected chi connectivity index (χ0v) is 14.5. The van der Waals surface area contributed by atoms with Gasteiger partial charge in [0, 0.05) is 0 Å². The highest BCUT2D eigenvalue weighted by Crippen LogP contribution is 2.28. The van der Waals surface area contributed by atoms with Gasteiger partial charge in [-0.2, -0.15) is 0 Å². The molecule has 0 aliphatic carbocycles. The van der Waals surface area contributed by atoms with E-state index in [1.807, 2.05) is 50.2 Å². The summed E-state index contributed by atoms with van der Waals surface area (Å²) < 4.78 is 27.3. The maximum Gasteiger partial charge on any atom is 0.239 e. The Labute approximate surface area is 138 Å². The molecule has 2 aromatic carbocycles. The molecule has 4 nitrogen and oxygen atoms in total. The molecule has 0 aliphatic heterocycles. The van der Waals surface area contributed by atoms with Crippen molar-refractivity contribution >= 4 is 15.7 Å². The predicted molar refractivity (Wildman–Crippen MR) is 94.0 cm³/mol. The fourth-order valence-electron chi connectivity index (χ4n) is 2.65. The molecule has 0 saturated carbocycles. The van der Waals surface area contributed by atoms with E-state index in [1.165, 1.54) is 4.31 Å². The predicted octanol–water partition coefficient (Wildman–Crippen LogP) is 3.02. The summed E-state index contributed by atoms with van der Waals surface area (Å²) in [7, 11) is -3.60. The molecule has 0 aromatic heterocycles. The number of aryl methyl sites for hydroxylation is 2. The molecular weight excluding hydrogens is 310 g/mol. The topological polar surface area (TPSA) is 57.6 Å². The zero-order valence-electron chi connectivity index (χ0n) is 13.7. The van der Waals surface area contributed by atoms with Gasteiger partial charge in [-0.3, -0.25) is 4.31 Å². The molecular formula is C18H23NO3S. The first-order valence-corrected chi connectivity index (χ1v) is 9.21. The third kappa shape index (κ3) is 4.33. The Morgan fingerprint density at radius 2 is 1.57 bits per heavy atom. The Morgan fingerprint density at radius 1 is 1.00 bits per heavy atom. The Kier molecular flexibility index (Phi) is 5.44. The van der Waals surface area contributed by atoms with Crippen LogP contribution in [0, 0.1) is 13.8 Å². The van der Waals surface area contributed by atoms with E-state index in [2.05, 4.69) is 0 Å². The molecule has 0 aliphatic rings. The van der Waals surface area contributed by atoms with Crippen LogP contribution in [-0.4, -0.2) is 26.2 Å². The van der Waals surface area contributed by atoms with E-state index in [0.717, 1.165) is 16.7 Å². The number of sulfonamides is 1. The highest BCUT2D eigenvalue weighted by Gasteiger charge is 2.26. The van der Waals surface area contributed by atoms with Crippen LogP contribution in [0.15, 0.2) is 48.5 Å². The lowest BCUT2D eigenvalue weighted by Gasteiger charge is -2.28. The van der Waals surface area contributed by atoms with Crippen LogP contribution in [0.5, 0.6) is 0 Å². The van der Waals surface area contributed by atoms with E-state index < -0.39 is 16.1 Å². The van der Waals surface area contributed by atoms with E-state index in [9.17, 15) is 13.5 Å². The number of benzene rings is 2. The number of para-hydroxylation sites is 1. The van der Waals surface area contributed by atoms with Crippen LogP contribution in [-0.2, 0) is 15.8 Å². The lowest BCUT2D eigenvalue weighted by atomic mass is 10.1. The standard InChI is InChI=1S/C18H23NO3S/c1-14-8-7-9-15(2)18(14)19(12-16(3)20)23(21,22)13-17-10-5-4-6-11-17/h4-11,16,20H,12-13H2,1-3H3. The van der Waals surface area contributed by atoms with Crippen molar-refractivity contribution in [2.75, 3.05) is 10.8 Å². The molecule has 1 atom stereocenters. The molecule has 0 amide bonds. The summed E-state index contributed by atoms with van der Waals surface area (Å²) in [6.07, 6.45) is -0.750. The second kappa shape index (κ2) is 7.15. The highest BCUT2D eigenvalue weighted by molar-refractivity contribution is 7.92. The summed E-state index contributed by atoms with van der Waals surface area (Å²) in [5.41, 5.74) is 3.14. The maximum absolute atomic E-state index is 13.0. The maximum atomic E-state index is 13.0. The number of rotatable bonds is 6. The largest absolute Gasteiger partial charge is 0.392 e. The van der Waals surface area contributed by atoms with Crippen LogP contribution in [0.4, 0.5) is 5.69 Å². The Bertz CT molecular complexity index is 735. The zero-order chi connectivity index (χ0) is 17.0. The van der Waals surface area contributed by atoms with Gasteiger partial charge in [-0.05, 0) is 37.5 Å². The Hall–Kier alpha value is -1.85. The minimum Gasteiger partial charge on any atom is -0.392 e. The molecule has 0 radical (unpaired) electrons. The average Bonchev–Trinajstić information content (AvgIpc) is 2.46. The van der Waals surface area contributed by atoms with Crippen LogP contribution in [0.25, 0.3) is 0 Å². The lowest BCUT2D eigenvalue weighted by Crippen LogP contribution is -2.38. The van der Waals surface area contributed by atoms with Gasteiger partial charge in [0.2, 0.25) is 10.0 Å². The number of nitrogens with zero attached hydrogens (tertiary/aromatic N) is 1. The molecule has 1 N–H and O–H groups in total. The van der Waals surface area contributed by atoms with Gasteiger partial charge in [-0.1, -0.05) is 48.5 Å². The van der Waals surface area contributed by atoms with E-state index in [4.69, 9.17) is 0 Å². The number of aliphatic hydroxyl groups is 1. The lowest BCUT2D eigenvalue weighted by molar-refractivity contribution is 0.204. The van der Waals surface area contributed by atoms with Gasteiger partial charge >= 0.3 is 0 Å². The van der Waals surface area contributed by atoms with Gasteiger partial charge in [0.25, 0.3) is 0 Å². The summed E-state index contributed by atoms with van der Waals surface area (Å²) in [5, 5.41) is 9.79. The van der Waals surface area contributed by atoms with Gasteiger partial charge in [0.15, 0.2) is 0 Å². The van der Waals surface area contributed by atoms with Crippen LogP contribution in [0.1, 0.15) is 23.6 Å². The van der Waals surface area contributed by atoms with Crippen molar-refractivity contribution in [3.8, 4) is 0 Å². The second-order valence-electron chi connectivity index (χ2n) is 5.86. The van der Waals surface area contributed by atoms with Crippen LogP contribution in [0.2, 0.25) is 0 Å². The summed E-state index contributed by atoms with van der Waals surface area (Å²) in [5.74, 6) is -0.0890. The monoisotopic (exact) mass is 333 g/mol. The molecule has 1 unspecified atom stereocenters. The molecule has 0 heterocycles. The SMILES string of the molecule is Cc1cccc(C)c1N(CC(C)O)S(=O)(=O)Cc1ccccc1. The molecule has 23 heavy (non-hydrogen) atoms. The van der Waals surface area contributed by atoms with Gasteiger partial charge in [0.05, 0.1) is 24.1 Å². The number of hydrogen-bond acceptors (Lipinski definition) is 3. The Morgan fingerprint density at radius 3 is 2.09 bits per heavy atom. The van der Waals surface area contributed by atoms with Crippen LogP contribution in [0.3, 0.4) is 0 Å². The van der Waals surface area contributed by atoms with Gasteiger partial charge < -0.3 is 5.11 Å². The summed E-state index contributed by atoms with van der Waals surface area (Å²) in [4.78, 5) is 0. The molecule has 124 valence electrons. The average molecular weight is 333 g/mol.